The molecule has 1 aliphatic carbocycles. The molecule has 2 aliphatic rings. The number of piperidine rings is 1. The first kappa shape index (κ1) is 13.4. The van der Waals surface area contributed by atoms with Crippen molar-refractivity contribution in [3.63, 3.8) is 0 Å². The van der Waals surface area contributed by atoms with Crippen LogP contribution >= 0.6 is 0 Å². The summed E-state index contributed by atoms with van der Waals surface area (Å²) in [6, 6.07) is 2.21. The molecule has 1 amide bonds. The molecule has 100 valence electrons. The molecule has 0 aromatic rings. The van der Waals surface area contributed by atoms with Crippen LogP contribution in [0.4, 0.5) is 0 Å². The maximum absolute atomic E-state index is 12.5. The molecule has 2 fully saturated rings. The van der Waals surface area contributed by atoms with E-state index in [9.17, 15) is 4.79 Å². The highest BCUT2D eigenvalue weighted by atomic mass is 16.2. The van der Waals surface area contributed by atoms with Gasteiger partial charge in [0.1, 0.15) is 0 Å². The van der Waals surface area contributed by atoms with Gasteiger partial charge in [-0.1, -0.05) is 0 Å². The second-order valence-electron chi connectivity index (χ2n) is 5.78. The summed E-state index contributed by atoms with van der Waals surface area (Å²) in [5.74, 6) is 0.434. The van der Waals surface area contributed by atoms with Crippen molar-refractivity contribution in [2.75, 3.05) is 26.2 Å². The third kappa shape index (κ3) is 2.51. The maximum Gasteiger partial charge on any atom is 0.226 e. The van der Waals surface area contributed by atoms with Crippen molar-refractivity contribution in [2.45, 2.75) is 33.1 Å². The smallest absolute Gasteiger partial charge is 0.226 e. The van der Waals surface area contributed by atoms with Crippen LogP contribution in [0, 0.1) is 28.6 Å². The van der Waals surface area contributed by atoms with E-state index in [0.29, 0.717) is 12.0 Å². The average Bonchev–Trinajstić information content (AvgIpc) is 3.09. The van der Waals surface area contributed by atoms with Gasteiger partial charge in [-0.3, -0.25) is 4.79 Å². The minimum atomic E-state index is -0.0726. The Hall–Kier alpha value is -1.08. The summed E-state index contributed by atoms with van der Waals surface area (Å²) in [5, 5.41) is 12.2. The molecule has 2 unspecified atom stereocenters. The Morgan fingerprint density at radius 3 is 2.78 bits per heavy atom. The molecule has 1 aliphatic heterocycles. The van der Waals surface area contributed by atoms with Crippen molar-refractivity contribution >= 4 is 5.91 Å². The SMILES string of the molecule is CCN(CC(C)C#N)C(=O)C1CC12CCNCC2. The van der Waals surface area contributed by atoms with Crippen LogP contribution < -0.4 is 5.32 Å². The third-order valence-electron chi connectivity index (χ3n) is 4.50. The van der Waals surface area contributed by atoms with Gasteiger partial charge in [-0.05, 0) is 51.6 Å². The summed E-state index contributed by atoms with van der Waals surface area (Å²) in [6.07, 6.45) is 3.33. The van der Waals surface area contributed by atoms with Gasteiger partial charge in [-0.15, -0.1) is 0 Å². The zero-order valence-electron chi connectivity index (χ0n) is 11.4. The van der Waals surface area contributed by atoms with Gasteiger partial charge in [-0.25, -0.2) is 0 Å². The molecule has 0 aromatic heterocycles. The fourth-order valence-corrected chi connectivity index (χ4v) is 3.14. The molecule has 0 aromatic carbocycles. The van der Waals surface area contributed by atoms with Gasteiger partial charge < -0.3 is 10.2 Å². The Morgan fingerprint density at radius 2 is 2.22 bits per heavy atom. The minimum absolute atomic E-state index is 0.0726. The van der Waals surface area contributed by atoms with Crippen LogP contribution in [0.1, 0.15) is 33.1 Å². The van der Waals surface area contributed by atoms with E-state index < -0.39 is 0 Å². The van der Waals surface area contributed by atoms with Crippen LogP contribution in [0.25, 0.3) is 0 Å². The monoisotopic (exact) mass is 249 g/mol. The molecule has 1 heterocycles. The molecule has 1 spiro atoms. The van der Waals surface area contributed by atoms with Gasteiger partial charge in [0.15, 0.2) is 0 Å². The second kappa shape index (κ2) is 5.27. The first-order valence-electron chi connectivity index (χ1n) is 7.02. The lowest BCUT2D eigenvalue weighted by atomic mass is 9.91. The lowest BCUT2D eigenvalue weighted by Gasteiger charge is -2.26. The molecule has 2 rings (SSSR count). The molecular weight excluding hydrogens is 226 g/mol. The van der Waals surface area contributed by atoms with Crippen molar-refractivity contribution in [1.29, 1.82) is 5.26 Å². The summed E-state index contributed by atoms with van der Waals surface area (Å²) in [7, 11) is 0. The van der Waals surface area contributed by atoms with Crippen molar-refractivity contribution in [3.8, 4) is 6.07 Å². The van der Waals surface area contributed by atoms with Crippen LogP contribution in [-0.2, 0) is 4.79 Å². The number of amides is 1. The highest BCUT2D eigenvalue weighted by Crippen LogP contribution is 2.59. The number of carbonyl (C=O) groups is 1. The first-order valence-corrected chi connectivity index (χ1v) is 7.02. The Morgan fingerprint density at radius 1 is 1.56 bits per heavy atom. The zero-order valence-corrected chi connectivity index (χ0v) is 11.4. The molecule has 2 atom stereocenters. The molecule has 1 N–H and O–H groups in total. The van der Waals surface area contributed by atoms with Crippen molar-refractivity contribution in [3.05, 3.63) is 0 Å². The second-order valence-corrected chi connectivity index (χ2v) is 5.78. The summed E-state index contributed by atoms with van der Waals surface area (Å²) >= 11 is 0. The fourth-order valence-electron chi connectivity index (χ4n) is 3.14. The molecule has 18 heavy (non-hydrogen) atoms. The molecule has 0 radical (unpaired) electrons. The van der Waals surface area contributed by atoms with Gasteiger partial charge in [-0.2, -0.15) is 5.26 Å². The summed E-state index contributed by atoms with van der Waals surface area (Å²) < 4.78 is 0. The standard InChI is InChI=1S/C14H23N3O/c1-3-17(10-11(2)9-15)13(18)12-8-14(12)4-6-16-7-5-14/h11-12,16H,3-8,10H2,1-2H3. The lowest BCUT2D eigenvalue weighted by molar-refractivity contribution is -0.133. The number of nitriles is 1. The van der Waals surface area contributed by atoms with E-state index >= 15 is 0 Å². The molecular formula is C14H23N3O. The normalized spacial score (nSPS) is 26.4. The number of hydrogen-bond donors (Lipinski definition) is 1. The predicted octanol–water partition coefficient (Wildman–Crippen LogP) is 1.38. The molecule has 1 saturated heterocycles. The number of hydrogen-bond acceptors (Lipinski definition) is 3. The van der Waals surface area contributed by atoms with E-state index in [-0.39, 0.29) is 17.7 Å². The molecule has 0 bridgehead atoms. The number of carbonyl (C=O) groups excluding carboxylic acids is 1. The van der Waals surface area contributed by atoms with Crippen LogP contribution in [0.15, 0.2) is 0 Å². The highest BCUT2D eigenvalue weighted by molar-refractivity contribution is 5.82. The quantitative estimate of drug-likeness (QED) is 0.819. The zero-order chi connectivity index (χ0) is 13.2. The van der Waals surface area contributed by atoms with Gasteiger partial charge >= 0.3 is 0 Å². The Kier molecular flexibility index (Phi) is 3.91. The third-order valence-corrected chi connectivity index (χ3v) is 4.50. The number of nitrogens with one attached hydrogen (secondary N) is 1. The van der Waals surface area contributed by atoms with E-state index in [1.807, 2.05) is 18.7 Å². The maximum atomic E-state index is 12.5. The van der Waals surface area contributed by atoms with Crippen LogP contribution in [-0.4, -0.2) is 37.0 Å². The van der Waals surface area contributed by atoms with Gasteiger partial charge in [0.2, 0.25) is 5.91 Å². The van der Waals surface area contributed by atoms with E-state index in [0.717, 1.165) is 38.9 Å². The summed E-state index contributed by atoms with van der Waals surface area (Å²) in [6.45, 7) is 7.27. The van der Waals surface area contributed by atoms with Crippen molar-refractivity contribution < 1.29 is 4.79 Å². The van der Waals surface area contributed by atoms with Gasteiger partial charge in [0.05, 0.1) is 12.0 Å². The summed E-state index contributed by atoms with van der Waals surface area (Å²) in [5.41, 5.74) is 0.297. The van der Waals surface area contributed by atoms with Crippen molar-refractivity contribution in [1.82, 2.24) is 10.2 Å². The van der Waals surface area contributed by atoms with Crippen LogP contribution in [0.3, 0.4) is 0 Å². The van der Waals surface area contributed by atoms with Gasteiger partial charge in [0.25, 0.3) is 0 Å². The van der Waals surface area contributed by atoms with E-state index in [1.165, 1.54) is 0 Å². The van der Waals surface area contributed by atoms with E-state index in [1.54, 1.807) is 0 Å². The fraction of sp³-hybridized carbons (Fsp3) is 0.857. The van der Waals surface area contributed by atoms with Crippen LogP contribution in [0.5, 0.6) is 0 Å². The number of rotatable bonds is 4. The highest BCUT2D eigenvalue weighted by Gasteiger charge is 2.58. The predicted molar refractivity (Wildman–Crippen MR) is 69.7 cm³/mol. The largest absolute Gasteiger partial charge is 0.341 e. The Bertz CT molecular complexity index is 355. The molecule has 4 heteroatoms. The van der Waals surface area contributed by atoms with E-state index in [4.69, 9.17) is 5.26 Å². The average molecular weight is 249 g/mol. The lowest BCUT2D eigenvalue weighted by Crippen LogP contribution is -2.38. The van der Waals surface area contributed by atoms with Crippen LogP contribution in [0.2, 0.25) is 0 Å². The summed E-state index contributed by atoms with van der Waals surface area (Å²) in [4.78, 5) is 14.3. The van der Waals surface area contributed by atoms with Crippen molar-refractivity contribution in [2.24, 2.45) is 17.3 Å². The first-order chi connectivity index (χ1) is 8.63. The van der Waals surface area contributed by atoms with Gasteiger partial charge in [0, 0.05) is 19.0 Å². The Balaban J connectivity index is 1.93. The Labute approximate surface area is 109 Å². The topological polar surface area (TPSA) is 56.1 Å². The van der Waals surface area contributed by atoms with E-state index in [2.05, 4.69) is 11.4 Å². The minimum Gasteiger partial charge on any atom is -0.341 e. The number of nitrogens with zero attached hydrogens (tertiary/aromatic N) is 2. The molecule has 4 nitrogen and oxygen atoms in total. The molecule has 1 saturated carbocycles.